The lowest BCUT2D eigenvalue weighted by atomic mass is 9.89. The van der Waals surface area contributed by atoms with Crippen LogP contribution in [0, 0.1) is 5.92 Å². The number of halogens is 1. The second kappa shape index (κ2) is 7.60. The molecule has 2 aromatic heterocycles. The summed E-state index contributed by atoms with van der Waals surface area (Å²) in [6, 6.07) is 5.50. The summed E-state index contributed by atoms with van der Waals surface area (Å²) in [5, 5.41) is 1.09. The summed E-state index contributed by atoms with van der Waals surface area (Å²) in [6.45, 7) is 2.25. The van der Waals surface area contributed by atoms with Gasteiger partial charge in [0.05, 0.1) is 24.6 Å². The first-order valence-electron chi connectivity index (χ1n) is 9.14. The summed E-state index contributed by atoms with van der Waals surface area (Å²) < 4.78 is 10.6. The number of thiophene rings is 1. The SMILES string of the molecule is COc1ccc(/C=C(\Cl)c2nc3sc4c(c3c(=O)[nH]2)CC[C@@H](C)C4)cc1OC. The summed E-state index contributed by atoms with van der Waals surface area (Å²) in [7, 11) is 3.17. The van der Waals surface area contributed by atoms with Gasteiger partial charge in [-0.2, -0.15) is 0 Å². The zero-order chi connectivity index (χ0) is 19.8. The quantitative estimate of drug-likeness (QED) is 0.659. The van der Waals surface area contributed by atoms with Crippen molar-refractivity contribution in [2.45, 2.75) is 26.2 Å². The summed E-state index contributed by atoms with van der Waals surface area (Å²) in [4.78, 5) is 22.3. The van der Waals surface area contributed by atoms with Crippen LogP contribution in [0.25, 0.3) is 21.3 Å². The van der Waals surface area contributed by atoms with Crippen LogP contribution in [0.2, 0.25) is 0 Å². The number of rotatable bonds is 4. The number of ether oxygens (including phenoxy) is 2. The molecule has 1 N–H and O–H groups in total. The average molecular weight is 417 g/mol. The number of hydrogen-bond acceptors (Lipinski definition) is 5. The van der Waals surface area contributed by atoms with Crippen molar-refractivity contribution in [3.05, 3.63) is 50.4 Å². The standard InChI is InChI=1S/C21H21ClN2O3S/c1-11-4-6-13-17(8-11)28-21-18(13)20(25)23-19(24-21)14(22)9-12-5-7-15(26-2)16(10-12)27-3/h5,7,9-11H,4,6,8H2,1-3H3,(H,23,24,25)/b14-9-/t11-/m1/s1. The largest absolute Gasteiger partial charge is 0.493 e. The molecule has 0 fully saturated rings. The molecule has 0 bridgehead atoms. The summed E-state index contributed by atoms with van der Waals surface area (Å²) >= 11 is 8.11. The lowest BCUT2D eigenvalue weighted by Gasteiger charge is -2.17. The van der Waals surface area contributed by atoms with Crippen LogP contribution in [0.4, 0.5) is 0 Å². The molecule has 0 saturated carbocycles. The van der Waals surface area contributed by atoms with Crippen molar-refractivity contribution in [3.63, 3.8) is 0 Å². The number of nitrogens with one attached hydrogen (secondary N) is 1. The van der Waals surface area contributed by atoms with Gasteiger partial charge < -0.3 is 14.5 Å². The molecule has 0 amide bonds. The van der Waals surface area contributed by atoms with Crippen LogP contribution in [0.1, 0.15) is 35.2 Å². The minimum Gasteiger partial charge on any atom is -0.493 e. The molecule has 28 heavy (non-hydrogen) atoms. The number of aromatic amines is 1. The second-order valence-corrected chi connectivity index (χ2v) is 8.54. The highest BCUT2D eigenvalue weighted by atomic mass is 35.5. The van der Waals surface area contributed by atoms with E-state index in [1.54, 1.807) is 31.6 Å². The molecule has 146 valence electrons. The molecule has 2 heterocycles. The van der Waals surface area contributed by atoms with Gasteiger partial charge in [0, 0.05) is 4.88 Å². The van der Waals surface area contributed by atoms with E-state index in [-0.39, 0.29) is 5.56 Å². The molecule has 1 aromatic carbocycles. The minimum absolute atomic E-state index is 0.120. The first-order chi connectivity index (χ1) is 13.5. The van der Waals surface area contributed by atoms with Crippen molar-refractivity contribution in [1.82, 2.24) is 9.97 Å². The third kappa shape index (κ3) is 3.42. The first kappa shape index (κ1) is 19.0. The van der Waals surface area contributed by atoms with Gasteiger partial charge in [-0.25, -0.2) is 4.98 Å². The van der Waals surface area contributed by atoms with Crippen LogP contribution in [0.15, 0.2) is 23.0 Å². The molecule has 5 nitrogen and oxygen atoms in total. The number of methoxy groups -OCH3 is 2. The maximum atomic E-state index is 12.7. The Hall–Kier alpha value is -2.31. The summed E-state index contributed by atoms with van der Waals surface area (Å²) in [6.07, 6.45) is 4.82. The maximum absolute atomic E-state index is 12.7. The highest BCUT2D eigenvalue weighted by Gasteiger charge is 2.23. The Morgan fingerprint density at radius 1 is 1.32 bits per heavy atom. The lowest BCUT2D eigenvalue weighted by molar-refractivity contribution is 0.355. The second-order valence-electron chi connectivity index (χ2n) is 7.05. The van der Waals surface area contributed by atoms with Gasteiger partial charge in [-0.05, 0) is 54.5 Å². The van der Waals surface area contributed by atoms with Crippen LogP contribution in [-0.4, -0.2) is 24.2 Å². The van der Waals surface area contributed by atoms with E-state index in [9.17, 15) is 4.79 Å². The highest BCUT2D eigenvalue weighted by Crippen LogP contribution is 2.36. The molecule has 1 aliphatic rings. The van der Waals surface area contributed by atoms with E-state index in [4.69, 9.17) is 21.1 Å². The van der Waals surface area contributed by atoms with Crippen LogP contribution in [0.3, 0.4) is 0 Å². The zero-order valence-electron chi connectivity index (χ0n) is 16.0. The Balaban J connectivity index is 1.75. The zero-order valence-corrected chi connectivity index (χ0v) is 17.5. The number of nitrogens with zero attached hydrogens (tertiary/aromatic N) is 1. The molecule has 0 unspecified atom stereocenters. The monoisotopic (exact) mass is 416 g/mol. The number of fused-ring (bicyclic) bond motifs is 3. The molecule has 1 atom stereocenters. The number of H-pyrrole nitrogens is 1. The smallest absolute Gasteiger partial charge is 0.260 e. The van der Waals surface area contributed by atoms with Gasteiger partial charge in [-0.1, -0.05) is 24.6 Å². The van der Waals surface area contributed by atoms with E-state index in [0.29, 0.717) is 28.3 Å². The van der Waals surface area contributed by atoms with Gasteiger partial charge in [0.1, 0.15) is 4.83 Å². The van der Waals surface area contributed by atoms with Gasteiger partial charge in [0.15, 0.2) is 17.3 Å². The molecule has 0 saturated heterocycles. The Labute approximate surface area is 172 Å². The van der Waals surface area contributed by atoms with E-state index in [1.807, 2.05) is 18.2 Å². The number of benzene rings is 1. The van der Waals surface area contributed by atoms with E-state index in [1.165, 1.54) is 10.4 Å². The molecule has 3 aromatic rings. The molecular weight excluding hydrogens is 396 g/mol. The van der Waals surface area contributed by atoms with Crippen molar-refractivity contribution in [2.24, 2.45) is 5.92 Å². The van der Waals surface area contributed by atoms with Crippen molar-refractivity contribution in [1.29, 1.82) is 0 Å². The van der Waals surface area contributed by atoms with Gasteiger partial charge in [-0.15, -0.1) is 11.3 Å². The van der Waals surface area contributed by atoms with Crippen LogP contribution < -0.4 is 15.0 Å². The molecule has 0 spiro atoms. The summed E-state index contributed by atoms with van der Waals surface area (Å²) in [5.74, 6) is 2.27. The normalized spacial score (nSPS) is 16.9. The van der Waals surface area contributed by atoms with Gasteiger partial charge in [0.2, 0.25) is 0 Å². The van der Waals surface area contributed by atoms with E-state index >= 15 is 0 Å². The van der Waals surface area contributed by atoms with Crippen molar-refractivity contribution in [2.75, 3.05) is 14.2 Å². The predicted octanol–water partition coefficient (Wildman–Crippen LogP) is 4.86. The van der Waals surface area contributed by atoms with Crippen LogP contribution >= 0.6 is 22.9 Å². The first-order valence-corrected chi connectivity index (χ1v) is 10.3. The van der Waals surface area contributed by atoms with Crippen molar-refractivity contribution in [3.8, 4) is 11.5 Å². The fraction of sp³-hybridized carbons (Fsp3) is 0.333. The van der Waals surface area contributed by atoms with Crippen LogP contribution in [0.5, 0.6) is 11.5 Å². The van der Waals surface area contributed by atoms with E-state index in [0.717, 1.165) is 35.0 Å². The predicted molar refractivity (Wildman–Crippen MR) is 115 cm³/mol. The number of aryl methyl sites for hydroxylation is 1. The van der Waals surface area contributed by atoms with Gasteiger partial charge in [0.25, 0.3) is 5.56 Å². The Kier molecular flexibility index (Phi) is 5.17. The van der Waals surface area contributed by atoms with Crippen LogP contribution in [-0.2, 0) is 12.8 Å². The maximum Gasteiger partial charge on any atom is 0.260 e. The molecular formula is C21H21ClN2O3S. The molecule has 0 radical (unpaired) electrons. The highest BCUT2D eigenvalue weighted by molar-refractivity contribution is 7.18. The molecule has 1 aliphatic carbocycles. The summed E-state index contributed by atoms with van der Waals surface area (Å²) in [5.41, 5.74) is 1.87. The van der Waals surface area contributed by atoms with Crippen molar-refractivity contribution >= 4 is 44.3 Å². The van der Waals surface area contributed by atoms with Gasteiger partial charge >= 0.3 is 0 Å². The van der Waals surface area contributed by atoms with Crippen molar-refractivity contribution < 1.29 is 9.47 Å². The molecule has 0 aliphatic heterocycles. The van der Waals surface area contributed by atoms with Gasteiger partial charge in [-0.3, -0.25) is 4.79 Å². The fourth-order valence-electron chi connectivity index (χ4n) is 3.62. The Bertz CT molecular complexity index is 1130. The number of aromatic nitrogens is 2. The Morgan fingerprint density at radius 3 is 2.86 bits per heavy atom. The number of hydrogen-bond donors (Lipinski definition) is 1. The molecule has 7 heteroatoms. The minimum atomic E-state index is -0.120. The molecule has 4 rings (SSSR count). The third-order valence-electron chi connectivity index (χ3n) is 5.09. The lowest BCUT2D eigenvalue weighted by Crippen LogP contribution is -2.14. The van der Waals surface area contributed by atoms with E-state index < -0.39 is 0 Å². The van der Waals surface area contributed by atoms with E-state index in [2.05, 4.69) is 16.9 Å². The third-order valence-corrected chi connectivity index (χ3v) is 6.53. The Morgan fingerprint density at radius 2 is 2.11 bits per heavy atom. The average Bonchev–Trinajstić information content (AvgIpc) is 3.05. The topological polar surface area (TPSA) is 64.2 Å². The fourth-order valence-corrected chi connectivity index (χ4v) is 5.22.